The average Bonchev–Trinajstić information content (AvgIpc) is 3.44. The van der Waals surface area contributed by atoms with Crippen LogP contribution in [0.3, 0.4) is 0 Å². The van der Waals surface area contributed by atoms with Crippen molar-refractivity contribution < 1.29 is 4.79 Å². The van der Waals surface area contributed by atoms with Crippen molar-refractivity contribution in [3.05, 3.63) is 71.4 Å². The number of carbonyl (C=O) groups is 1. The number of rotatable bonds is 7. The largest absolute Gasteiger partial charge is 0.369 e. The zero-order valence-electron chi connectivity index (χ0n) is 17.6. The van der Waals surface area contributed by atoms with Gasteiger partial charge in [0.1, 0.15) is 5.82 Å². The summed E-state index contributed by atoms with van der Waals surface area (Å²) in [4.78, 5) is 27.5. The van der Waals surface area contributed by atoms with Gasteiger partial charge in [0.15, 0.2) is 5.82 Å². The van der Waals surface area contributed by atoms with Gasteiger partial charge in [-0.2, -0.15) is 0 Å². The molecule has 4 heterocycles. The maximum Gasteiger partial charge on any atom is 0.231 e. The van der Waals surface area contributed by atoms with Crippen LogP contribution in [0.2, 0.25) is 0 Å². The minimum Gasteiger partial charge on any atom is -0.369 e. The first-order valence-electron chi connectivity index (χ1n) is 10.7. The quantitative estimate of drug-likeness (QED) is 0.454. The lowest BCUT2D eigenvalue weighted by Crippen LogP contribution is -2.33. The third-order valence-electron chi connectivity index (χ3n) is 5.60. The number of fused-ring (bicyclic) bond motifs is 1. The number of hydrogen-bond donors (Lipinski definition) is 2. The van der Waals surface area contributed by atoms with E-state index in [-0.39, 0.29) is 11.9 Å². The molecular weight excluding hydrogens is 420 g/mol. The number of carbonyl (C=O) groups excluding carboxylic acids is 1. The Hall–Kier alpha value is -3.36. The molecule has 7 nitrogen and oxygen atoms in total. The van der Waals surface area contributed by atoms with E-state index in [4.69, 9.17) is 15.7 Å². The van der Waals surface area contributed by atoms with E-state index >= 15 is 0 Å². The molecule has 1 saturated heterocycles. The molecule has 3 N–H and O–H groups in total. The van der Waals surface area contributed by atoms with Gasteiger partial charge in [-0.15, -0.1) is 11.3 Å². The molecule has 0 bridgehead atoms. The molecule has 162 valence electrons. The predicted molar refractivity (Wildman–Crippen MR) is 128 cm³/mol. The van der Waals surface area contributed by atoms with Crippen LogP contribution < -0.4 is 11.1 Å². The Morgan fingerprint density at radius 2 is 2.06 bits per heavy atom. The Labute approximate surface area is 190 Å². The third-order valence-corrected chi connectivity index (χ3v) is 6.51. The van der Waals surface area contributed by atoms with Crippen molar-refractivity contribution in [2.75, 3.05) is 25.0 Å². The fraction of sp³-hybridized carbons (Fsp3) is 0.250. The third kappa shape index (κ3) is 4.61. The van der Waals surface area contributed by atoms with Gasteiger partial charge in [-0.3, -0.25) is 14.7 Å². The van der Waals surface area contributed by atoms with E-state index in [0.717, 1.165) is 53.2 Å². The second-order valence-electron chi connectivity index (χ2n) is 8.06. The number of primary amides is 1. The van der Waals surface area contributed by atoms with E-state index in [1.165, 1.54) is 5.56 Å². The summed E-state index contributed by atoms with van der Waals surface area (Å²) in [5.41, 5.74) is 9.43. The molecule has 5 rings (SSSR count). The standard InChI is InChI=1S/C24H24N6OS/c25-21(31)15-30-10-7-18(14-30)27-24-22-20(8-11-32-22)28-23(29-24)17-6-9-26-19(13-17)12-16-4-2-1-3-5-16/h1-6,8-9,11,13,18H,7,10,12,14-15H2,(H2,25,31)(H,27,28,29)/t18-/m1/s1. The van der Waals surface area contributed by atoms with Gasteiger partial charge in [-0.05, 0) is 35.6 Å². The normalized spacial score (nSPS) is 16.4. The lowest BCUT2D eigenvalue weighted by atomic mass is 10.1. The number of aromatic nitrogens is 3. The van der Waals surface area contributed by atoms with Crippen LogP contribution in [0.5, 0.6) is 0 Å². The van der Waals surface area contributed by atoms with E-state index in [2.05, 4.69) is 33.4 Å². The van der Waals surface area contributed by atoms with Gasteiger partial charge in [-0.25, -0.2) is 9.97 Å². The molecule has 1 atom stereocenters. The molecule has 1 aromatic carbocycles. The Kier molecular flexibility index (Phi) is 5.79. The summed E-state index contributed by atoms with van der Waals surface area (Å²) in [7, 11) is 0. The van der Waals surface area contributed by atoms with Crippen molar-refractivity contribution in [3.63, 3.8) is 0 Å². The molecular formula is C24H24N6OS. The van der Waals surface area contributed by atoms with E-state index in [1.807, 2.05) is 41.9 Å². The molecule has 4 aromatic rings. The fourth-order valence-corrected chi connectivity index (χ4v) is 4.90. The molecule has 8 heteroatoms. The molecule has 3 aromatic heterocycles. The molecule has 0 saturated carbocycles. The first-order chi connectivity index (χ1) is 15.6. The summed E-state index contributed by atoms with van der Waals surface area (Å²) < 4.78 is 1.04. The molecule has 1 fully saturated rings. The number of likely N-dealkylation sites (tertiary alicyclic amines) is 1. The number of pyridine rings is 1. The Balaban J connectivity index is 1.41. The van der Waals surface area contributed by atoms with Crippen LogP contribution >= 0.6 is 11.3 Å². The number of amides is 1. The minimum atomic E-state index is -0.292. The first kappa shape index (κ1) is 20.5. The van der Waals surface area contributed by atoms with Crippen LogP contribution in [-0.2, 0) is 11.2 Å². The summed E-state index contributed by atoms with van der Waals surface area (Å²) >= 11 is 1.63. The van der Waals surface area contributed by atoms with Crippen molar-refractivity contribution in [1.29, 1.82) is 0 Å². The van der Waals surface area contributed by atoms with Crippen LogP contribution in [-0.4, -0.2) is 51.4 Å². The second kappa shape index (κ2) is 9.02. The smallest absolute Gasteiger partial charge is 0.231 e. The van der Waals surface area contributed by atoms with Crippen molar-refractivity contribution >= 4 is 33.3 Å². The zero-order valence-corrected chi connectivity index (χ0v) is 18.4. The topological polar surface area (TPSA) is 97.0 Å². The van der Waals surface area contributed by atoms with Crippen molar-refractivity contribution in [2.45, 2.75) is 18.9 Å². The Morgan fingerprint density at radius 3 is 2.91 bits per heavy atom. The number of hydrogen-bond acceptors (Lipinski definition) is 7. The number of anilines is 1. The van der Waals surface area contributed by atoms with E-state index in [9.17, 15) is 4.79 Å². The van der Waals surface area contributed by atoms with Gasteiger partial charge in [0.25, 0.3) is 0 Å². The minimum absolute atomic E-state index is 0.216. The Morgan fingerprint density at radius 1 is 1.19 bits per heavy atom. The summed E-state index contributed by atoms with van der Waals surface area (Å²) in [6, 6.07) is 16.6. The van der Waals surface area contributed by atoms with Crippen LogP contribution in [0.4, 0.5) is 5.82 Å². The summed E-state index contributed by atoms with van der Waals surface area (Å²) in [6.07, 6.45) is 3.52. The predicted octanol–water partition coefficient (Wildman–Crippen LogP) is 3.32. The van der Waals surface area contributed by atoms with Crippen LogP contribution in [0.1, 0.15) is 17.7 Å². The zero-order chi connectivity index (χ0) is 21.9. The van der Waals surface area contributed by atoms with E-state index in [1.54, 1.807) is 11.3 Å². The number of nitrogens with two attached hydrogens (primary N) is 1. The van der Waals surface area contributed by atoms with E-state index < -0.39 is 0 Å². The molecule has 32 heavy (non-hydrogen) atoms. The summed E-state index contributed by atoms with van der Waals surface area (Å²) in [5.74, 6) is 1.23. The summed E-state index contributed by atoms with van der Waals surface area (Å²) in [5, 5.41) is 5.63. The van der Waals surface area contributed by atoms with Crippen LogP contribution in [0, 0.1) is 0 Å². The molecule has 1 amide bonds. The van der Waals surface area contributed by atoms with Crippen LogP contribution in [0.15, 0.2) is 60.1 Å². The SMILES string of the molecule is NC(=O)CN1CC[C@@H](Nc2nc(-c3ccnc(Cc4ccccc4)c3)nc3ccsc23)C1. The molecule has 0 radical (unpaired) electrons. The highest BCUT2D eigenvalue weighted by atomic mass is 32.1. The van der Waals surface area contributed by atoms with Gasteiger partial charge in [0.2, 0.25) is 5.91 Å². The van der Waals surface area contributed by atoms with Gasteiger partial charge in [-0.1, -0.05) is 30.3 Å². The highest BCUT2D eigenvalue weighted by Crippen LogP contribution is 2.30. The number of thiophene rings is 1. The van der Waals surface area contributed by atoms with Crippen molar-refractivity contribution in [3.8, 4) is 11.4 Å². The fourth-order valence-electron chi connectivity index (χ4n) is 4.12. The maximum absolute atomic E-state index is 11.2. The summed E-state index contributed by atoms with van der Waals surface area (Å²) in [6.45, 7) is 1.91. The first-order valence-corrected chi connectivity index (χ1v) is 11.5. The lowest BCUT2D eigenvalue weighted by Gasteiger charge is -2.16. The molecule has 0 unspecified atom stereocenters. The molecule has 0 spiro atoms. The number of nitrogens with one attached hydrogen (secondary N) is 1. The second-order valence-corrected chi connectivity index (χ2v) is 8.98. The maximum atomic E-state index is 11.2. The Bertz CT molecular complexity index is 1240. The van der Waals surface area contributed by atoms with Gasteiger partial charge < -0.3 is 11.1 Å². The highest BCUT2D eigenvalue weighted by Gasteiger charge is 2.24. The van der Waals surface area contributed by atoms with Gasteiger partial charge in [0.05, 0.1) is 16.8 Å². The average molecular weight is 445 g/mol. The molecule has 0 aliphatic carbocycles. The number of benzene rings is 1. The van der Waals surface area contributed by atoms with Gasteiger partial charge in [0, 0.05) is 43.0 Å². The number of nitrogens with zero attached hydrogens (tertiary/aromatic N) is 4. The van der Waals surface area contributed by atoms with Crippen molar-refractivity contribution in [1.82, 2.24) is 19.9 Å². The van der Waals surface area contributed by atoms with Crippen molar-refractivity contribution in [2.24, 2.45) is 5.73 Å². The van der Waals surface area contributed by atoms with Gasteiger partial charge >= 0.3 is 0 Å². The monoisotopic (exact) mass is 444 g/mol. The molecule has 1 aliphatic rings. The van der Waals surface area contributed by atoms with Crippen LogP contribution in [0.25, 0.3) is 21.6 Å². The molecule has 1 aliphatic heterocycles. The lowest BCUT2D eigenvalue weighted by molar-refractivity contribution is -0.118. The highest BCUT2D eigenvalue weighted by molar-refractivity contribution is 7.17. The van der Waals surface area contributed by atoms with E-state index in [0.29, 0.717) is 12.4 Å².